The first kappa shape index (κ1) is 23.8. The largest absolute Gasteiger partial charge is 0.490 e. The maximum Gasteiger partial charge on any atom is 0.419 e. The molecule has 2 heterocycles. The van der Waals surface area contributed by atoms with E-state index in [1.807, 2.05) is 28.9 Å². The Balaban J connectivity index is 1.48. The lowest BCUT2D eigenvalue weighted by Crippen LogP contribution is -2.52. The third-order valence-corrected chi connectivity index (χ3v) is 5.53. The highest BCUT2D eigenvalue weighted by molar-refractivity contribution is 5.69. The normalized spacial score (nSPS) is 18.4. The SMILES string of the molecule is CC(C)(C)OC(=O)N(Cc1cccn2ccnc12)[C@H]1C[C@H](Oc2ccc(F)c(C(F)(F)F)c2)C1. The molecule has 0 aliphatic heterocycles. The molecule has 10 heteroatoms. The third kappa shape index (κ3) is 5.26. The molecule has 1 amide bonds. The zero-order valence-electron chi connectivity index (χ0n) is 19.0. The number of ether oxygens (including phenoxy) is 2. The Hall–Kier alpha value is -3.30. The quantitative estimate of drug-likeness (QED) is 0.432. The smallest absolute Gasteiger partial charge is 0.419 e. The molecule has 0 N–H and O–H groups in total. The van der Waals surface area contributed by atoms with Crippen LogP contribution in [0.3, 0.4) is 0 Å². The summed E-state index contributed by atoms with van der Waals surface area (Å²) < 4.78 is 65.6. The van der Waals surface area contributed by atoms with Crippen molar-refractivity contribution in [1.82, 2.24) is 14.3 Å². The van der Waals surface area contributed by atoms with Crippen LogP contribution in [0.1, 0.15) is 44.7 Å². The van der Waals surface area contributed by atoms with Crippen molar-refractivity contribution in [3.8, 4) is 5.75 Å². The third-order valence-electron chi connectivity index (χ3n) is 5.53. The molecule has 0 unspecified atom stereocenters. The van der Waals surface area contributed by atoms with Crippen LogP contribution in [-0.2, 0) is 17.5 Å². The van der Waals surface area contributed by atoms with Gasteiger partial charge in [0, 0.05) is 43.0 Å². The van der Waals surface area contributed by atoms with E-state index in [-0.39, 0.29) is 18.3 Å². The number of halogens is 4. The van der Waals surface area contributed by atoms with E-state index in [0.29, 0.717) is 24.6 Å². The summed E-state index contributed by atoms with van der Waals surface area (Å²) in [6, 6.07) is 6.07. The number of hydrogen-bond acceptors (Lipinski definition) is 4. The molecule has 1 saturated carbocycles. The zero-order valence-corrected chi connectivity index (χ0v) is 19.0. The van der Waals surface area contributed by atoms with Gasteiger partial charge in [0.1, 0.15) is 28.9 Å². The minimum Gasteiger partial charge on any atom is -0.490 e. The number of imidazole rings is 1. The number of hydrogen-bond donors (Lipinski definition) is 0. The zero-order chi connectivity index (χ0) is 24.7. The lowest BCUT2D eigenvalue weighted by Gasteiger charge is -2.42. The molecule has 0 bridgehead atoms. The van der Waals surface area contributed by atoms with Gasteiger partial charge in [-0.15, -0.1) is 0 Å². The highest BCUT2D eigenvalue weighted by Gasteiger charge is 2.40. The average molecular weight is 479 g/mol. The standard InChI is InChI=1S/C24H25F4N3O3/c1-23(2,3)34-22(32)31(14-15-5-4-9-30-10-8-29-21(15)30)16-11-18(12-16)33-17-6-7-20(25)19(13-17)24(26,27)28/h4-10,13,16,18H,11-12,14H2,1-3H3/t16-,18-. The maximum atomic E-state index is 13.5. The fraction of sp³-hybridized carbons (Fsp3) is 0.417. The van der Waals surface area contributed by atoms with E-state index in [4.69, 9.17) is 9.47 Å². The summed E-state index contributed by atoms with van der Waals surface area (Å²) in [5.41, 5.74) is -0.523. The van der Waals surface area contributed by atoms with E-state index >= 15 is 0 Å². The Morgan fingerprint density at radius 3 is 2.59 bits per heavy atom. The minimum atomic E-state index is -4.81. The summed E-state index contributed by atoms with van der Waals surface area (Å²) in [7, 11) is 0. The van der Waals surface area contributed by atoms with Gasteiger partial charge in [-0.05, 0) is 45.0 Å². The molecule has 0 saturated heterocycles. The van der Waals surface area contributed by atoms with E-state index in [1.54, 1.807) is 31.9 Å². The van der Waals surface area contributed by atoms with Crippen LogP contribution in [0, 0.1) is 5.82 Å². The van der Waals surface area contributed by atoms with Gasteiger partial charge in [-0.1, -0.05) is 6.07 Å². The number of carbonyl (C=O) groups is 1. The van der Waals surface area contributed by atoms with Crippen molar-refractivity contribution in [3.05, 3.63) is 65.9 Å². The van der Waals surface area contributed by atoms with Crippen molar-refractivity contribution in [2.75, 3.05) is 0 Å². The number of aromatic nitrogens is 2. The van der Waals surface area contributed by atoms with E-state index in [1.165, 1.54) is 6.07 Å². The van der Waals surface area contributed by atoms with Gasteiger partial charge in [-0.2, -0.15) is 13.2 Å². The van der Waals surface area contributed by atoms with Gasteiger partial charge in [-0.3, -0.25) is 0 Å². The van der Waals surface area contributed by atoms with Crippen LogP contribution in [-0.4, -0.2) is 38.1 Å². The molecule has 2 aromatic heterocycles. The molecule has 1 fully saturated rings. The summed E-state index contributed by atoms with van der Waals surface area (Å²) in [5.74, 6) is -1.42. The summed E-state index contributed by atoms with van der Waals surface area (Å²) in [6.07, 6.45) is 0.408. The summed E-state index contributed by atoms with van der Waals surface area (Å²) in [5, 5.41) is 0. The highest BCUT2D eigenvalue weighted by Crippen LogP contribution is 2.36. The van der Waals surface area contributed by atoms with Gasteiger partial charge in [0.2, 0.25) is 0 Å². The second-order valence-electron chi connectivity index (χ2n) is 9.30. The number of benzene rings is 1. The molecule has 1 aromatic carbocycles. The minimum absolute atomic E-state index is 0.0665. The number of alkyl halides is 3. The van der Waals surface area contributed by atoms with Crippen LogP contribution in [0.15, 0.2) is 48.9 Å². The molecule has 3 aromatic rings. The van der Waals surface area contributed by atoms with Crippen LogP contribution < -0.4 is 4.74 Å². The lowest BCUT2D eigenvalue weighted by atomic mass is 9.87. The van der Waals surface area contributed by atoms with Gasteiger partial charge in [0.25, 0.3) is 0 Å². The van der Waals surface area contributed by atoms with Crippen molar-refractivity contribution in [2.45, 2.75) is 64.1 Å². The molecule has 182 valence electrons. The molecule has 0 radical (unpaired) electrons. The molecule has 1 aliphatic carbocycles. The Morgan fingerprint density at radius 1 is 1.18 bits per heavy atom. The molecular formula is C24H25F4N3O3. The predicted octanol–water partition coefficient (Wildman–Crippen LogP) is 5.84. The second-order valence-corrected chi connectivity index (χ2v) is 9.30. The molecule has 0 spiro atoms. The Bertz CT molecular complexity index is 1180. The van der Waals surface area contributed by atoms with E-state index in [9.17, 15) is 22.4 Å². The van der Waals surface area contributed by atoms with Gasteiger partial charge >= 0.3 is 12.3 Å². The van der Waals surface area contributed by atoms with Crippen LogP contribution in [0.4, 0.5) is 22.4 Å². The van der Waals surface area contributed by atoms with Crippen molar-refractivity contribution in [1.29, 1.82) is 0 Å². The first-order valence-corrected chi connectivity index (χ1v) is 10.8. The highest BCUT2D eigenvalue weighted by atomic mass is 19.4. The fourth-order valence-electron chi connectivity index (χ4n) is 3.85. The number of nitrogens with zero attached hydrogens (tertiary/aromatic N) is 3. The average Bonchev–Trinajstić information content (AvgIpc) is 3.17. The van der Waals surface area contributed by atoms with Crippen molar-refractivity contribution >= 4 is 11.7 Å². The number of amides is 1. The first-order valence-electron chi connectivity index (χ1n) is 10.8. The van der Waals surface area contributed by atoms with Crippen molar-refractivity contribution in [3.63, 3.8) is 0 Å². The van der Waals surface area contributed by atoms with Crippen molar-refractivity contribution < 1.29 is 31.8 Å². The van der Waals surface area contributed by atoms with Crippen LogP contribution in [0.5, 0.6) is 5.75 Å². The lowest BCUT2D eigenvalue weighted by molar-refractivity contribution is -0.140. The van der Waals surface area contributed by atoms with Crippen LogP contribution >= 0.6 is 0 Å². The molecule has 4 rings (SSSR count). The van der Waals surface area contributed by atoms with E-state index in [2.05, 4.69) is 4.98 Å². The molecule has 34 heavy (non-hydrogen) atoms. The van der Waals surface area contributed by atoms with E-state index < -0.39 is 35.4 Å². The Kier molecular flexibility index (Phi) is 6.18. The summed E-state index contributed by atoms with van der Waals surface area (Å²) in [4.78, 5) is 18.9. The van der Waals surface area contributed by atoms with Gasteiger partial charge < -0.3 is 18.8 Å². The van der Waals surface area contributed by atoms with Crippen LogP contribution in [0.2, 0.25) is 0 Å². The number of fused-ring (bicyclic) bond motifs is 1. The van der Waals surface area contributed by atoms with Crippen molar-refractivity contribution in [2.24, 2.45) is 0 Å². The molecule has 0 atom stereocenters. The topological polar surface area (TPSA) is 56.1 Å². The molecular weight excluding hydrogens is 454 g/mol. The fourth-order valence-corrected chi connectivity index (χ4v) is 3.85. The Morgan fingerprint density at radius 2 is 1.91 bits per heavy atom. The van der Waals surface area contributed by atoms with Gasteiger partial charge in [0.05, 0.1) is 12.1 Å². The number of rotatable bonds is 5. The molecule has 6 nitrogen and oxygen atoms in total. The van der Waals surface area contributed by atoms with E-state index in [0.717, 1.165) is 11.6 Å². The van der Waals surface area contributed by atoms with Gasteiger partial charge in [-0.25, -0.2) is 14.2 Å². The number of carbonyl (C=O) groups excluding carboxylic acids is 1. The molecule has 1 aliphatic rings. The number of pyridine rings is 1. The van der Waals surface area contributed by atoms with Crippen LogP contribution in [0.25, 0.3) is 5.65 Å². The monoisotopic (exact) mass is 479 g/mol. The van der Waals surface area contributed by atoms with Gasteiger partial charge in [0.15, 0.2) is 0 Å². The maximum absolute atomic E-state index is 13.5. The second kappa shape index (κ2) is 8.81. The Labute approximate surface area is 194 Å². The summed E-state index contributed by atoms with van der Waals surface area (Å²) in [6.45, 7) is 5.58. The first-order chi connectivity index (χ1) is 15.9. The predicted molar refractivity (Wildman–Crippen MR) is 116 cm³/mol. The summed E-state index contributed by atoms with van der Waals surface area (Å²) >= 11 is 0.